The Bertz CT molecular complexity index is 909. The molecule has 1 saturated heterocycles. The van der Waals surface area contributed by atoms with Gasteiger partial charge in [0.1, 0.15) is 0 Å². The lowest BCUT2D eigenvalue weighted by Gasteiger charge is -2.31. The number of aromatic nitrogens is 2. The summed E-state index contributed by atoms with van der Waals surface area (Å²) in [6, 6.07) is 20.8. The van der Waals surface area contributed by atoms with E-state index in [9.17, 15) is 4.79 Å². The topological polar surface area (TPSA) is 58.1 Å². The summed E-state index contributed by atoms with van der Waals surface area (Å²) in [4.78, 5) is 15.0. The predicted molar refractivity (Wildman–Crippen MR) is 119 cm³/mol. The fourth-order valence-electron chi connectivity index (χ4n) is 3.44. The summed E-state index contributed by atoms with van der Waals surface area (Å²) in [5.74, 6) is 0.968. The van der Waals surface area contributed by atoms with Crippen molar-refractivity contribution in [2.45, 2.75) is 29.5 Å². The van der Waals surface area contributed by atoms with Crippen LogP contribution < -0.4 is 5.32 Å². The molecule has 150 valence electrons. The zero-order valence-electron chi connectivity index (χ0n) is 16.2. The standard InChI is InChI=1S/C22H24N4OS2/c27-20(19-11-13-26(14-12-19)15-17-7-3-1-4-8-17)23-21-24-25-22(29-21)28-16-18-9-5-2-6-10-18/h1-10,19H,11-16H2,(H,23,24,27). The van der Waals surface area contributed by atoms with E-state index in [-0.39, 0.29) is 11.8 Å². The van der Waals surface area contributed by atoms with Crippen LogP contribution in [0.3, 0.4) is 0 Å². The van der Waals surface area contributed by atoms with Crippen molar-refractivity contribution in [1.82, 2.24) is 15.1 Å². The molecule has 1 aliphatic heterocycles. The van der Waals surface area contributed by atoms with Crippen LogP contribution in [0.1, 0.15) is 24.0 Å². The largest absolute Gasteiger partial charge is 0.300 e. The van der Waals surface area contributed by atoms with E-state index in [1.54, 1.807) is 11.8 Å². The molecule has 0 bridgehead atoms. The first kappa shape index (κ1) is 20.1. The number of nitrogens with one attached hydrogen (secondary N) is 1. The van der Waals surface area contributed by atoms with Gasteiger partial charge in [-0.3, -0.25) is 9.69 Å². The van der Waals surface area contributed by atoms with E-state index in [0.717, 1.165) is 42.6 Å². The van der Waals surface area contributed by atoms with Crippen molar-refractivity contribution in [3.63, 3.8) is 0 Å². The van der Waals surface area contributed by atoms with Crippen molar-refractivity contribution < 1.29 is 4.79 Å². The van der Waals surface area contributed by atoms with Crippen molar-refractivity contribution >= 4 is 34.1 Å². The van der Waals surface area contributed by atoms with Crippen LogP contribution in [0, 0.1) is 5.92 Å². The molecule has 4 rings (SSSR count). The predicted octanol–water partition coefficient (Wildman–Crippen LogP) is 4.68. The number of carbonyl (C=O) groups excluding carboxylic acids is 1. The van der Waals surface area contributed by atoms with Crippen molar-refractivity contribution in [3.8, 4) is 0 Å². The van der Waals surface area contributed by atoms with Crippen LogP contribution in [0.2, 0.25) is 0 Å². The van der Waals surface area contributed by atoms with Gasteiger partial charge in [0.05, 0.1) is 0 Å². The minimum Gasteiger partial charge on any atom is -0.300 e. The van der Waals surface area contributed by atoms with Crippen molar-refractivity contribution in [2.24, 2.45) is 5.92 Å². The molecule has 0 unspecified atom stereocenters. The average Bonchev–Trinajstić information content (AvgIpc) is 3.21. The number of amides is 1. The highest BCUT2D eigenvalue weighted by molar-refractivity contribution is 8.00. The highest BCUT2D eigenvalue weighted by Gasteiger charge is 2.25. The van der Waals surface area contributed by atoms with E-state index >= 15 is 0 Å². The van der Waals surface area contributed by atoms with Gasteiger partial charge in [-0.1, -0.05) is 83.8 Å². The summed E-state index contributed by atoms with van der Waals surface area (Å²) in [5, 5.41) is 11.9. The van der Waals surface area contributed by atoms with E-state index in [2.05, 4.69) is 56.8 Å². The smallest absolute Gasteiger partial charge is 0.229 e. The Labute approximate surface area is 179 Å². The van der Waals surface area contributed by atoms with Gasteiger partial charge in [-0.05, 0) is 37.1 Å². The fraction of sp³-hybridized carbons (Fsp3) is 0.318. The number of hydrogen-bond acceptors (Lipinski definition) is 6. The third-order valence-corrected chi connectivity index (χ3v) is 7.09. The molecule has 1 fully saturated rings. The molecule has 2 heterocycles. The van der Waals surface area contributed by atoms with Gasteiger partial charge in [0.15, 0.2) is 4.34 Å². The molecule has 0 saturated carbocycles. The summed E-state index contributed by atoms with van der Waals surface area (Å²) >= 11 is 3.09. The lowest BCUT2D eigenvalue weighted by atomic mass is 9.95. The summed E-state index contributed by atoms with van der Waals surface area (Å²) in [6.07, 6.45) is 1.76. The maximum atomic E-state index is 12.6. The first-order valence-electron chi connectivity index (χ1n) is 9.83. The Morgan fingerprint density at radius 3 is 2.34 bits per heavy atom. The number of rotatable bonds is 7. The number of likely N-dealkylation sites (tertiary alicyclic amines) is 1. The highest BCUT2D eigenvalue weighted by Crippen LogP contribution is 2.29. The summed E-state index contributed by atoms with van der Waals surface area (Å²) < 4.78 is 0.877. The Morgan fingerprint density at radius 2 is 1.66 bits per heavy atom. The molecule has 3 aromatic rings. The van der Waals surface area contributed by atoms with Gasteiger partial charge in [-0.15, -0.1) is 10.2 Å². The maximum absolute atomic E-state index is 12.6. The molecule has 1 N–H and O–H groups in total. The molecule has 0 spiro atoms. The minimum atomic E-state index is 0.0475. The zero-order valence-corrected chi connectivity index (χ0v) is 17.8. The van der Waals surface area contributed by atoms with Gasteiger partial charge >= 0.3 is 0 Å². The van der Waals surface area contributed by atoms with Crippen LogP contribution in [-0.2, 0) is 17.1 Å². The van der Waals surface area contributed by atoms with Crippen molar-refractivity contribution in [2.75, 3.05) is 18.4 Å². The molecule has 29 heavy (non-hydrogen) atoms. The zero-order chi connectivity index (χ0) is 19.9. The number of hydrogen-bond donors (Lipinski definition) is 1. The van der Waals surface area contributed by atoms with Crippen LogP contribution >= 0.6 is 23.1 Å². The molecule has 0 aliphatic carbocycles. The minimum absolute atomic E-state index is 0.0475. The van der Waals surface area contributed by atoms with Gasteiger partial charge in [0, 0.05) is 18.2 Å². The Balaban J connectivity index is 1.22. The van der Waals surface area contributed by atoms with Gasteiger partial charge in [-0.25, -0.2) is 0 Å². The maximum Gasteiger partial charge on any atom is 0.229 e. The monoisotopic (exact) mass is 424 g/mol. The normalized spacial score (nSPS) is 15.3. The number of piperidine rings is 1. The second-order valence-electron chi connectivity index (χ2n) is 7.17. The lowest BCUT2D eigenvalue weighted by Crippen LogP contribution is -2.37. The van der Waals surface area contributed by atoms with Crippen LogP contribution in [0.4, 0.5) is 5.13 Å². The van der Waals surface area contributed by atoms with Crippen LogP contribution in [0.15, 0.2) is 65.0 Å². The number of thioether (sulfide) groups is 1. The van der Waals surface area contributed by atoms with Crippen LogP contribution in [0.25, 0.3) is 0 Å². The first-order valence-corrected chi connectivity index (χ1v) is 11.6. The third-order valence-electron chi connectivity index (χ3n) is 5.05. The van der Waals surface area contributed by atoms with Gasteiger partial charge < -0.3 is 5.32 Å². The Kier molecular flexibility index (Phi) is 6.92. The second kappa shape index (κ2) is 10.0. The number of anilines is 1. The highest BCUT2D eigenvalue weighted by atomic mass is 32.2. The van der Waals surface area contributed by atoms with Crippen LogP contribution in [-0.4, -0.2) is 34.1 Å². The Morgan fingerprint density at radius 1 is 1.00 bits per heavy atom. The van der Waals surface area contributed by atoms with Gasteiger partial charge in [0.2, 0.25) is 11.0 Å². The molecule has 1 aliphatic rings. The quantitative estimate of drug-likeness (QED) is 0.441. The first-order chi connectivity index (χ1) is 14.3. The van der Waals surface area contributed by atoms with E-state index in [4.69, 9.17) is 0 Å². The van der Waals surface area contributed by atoms with Crippen LogP contribution in [0.5, 0.6) is 0 Å². The molecule has 0 radical (unpaired) electrons. The van der Waals surface area contributed by atoms with E-state index in [1.165, 1.54) is 22.5 Å². The molecule has 1 aromatic heterocycles. The second-order valence-corrected chi connectivity index (χ2v) is 9.37. The van der Waals surface area contributed by atoms with Crippen molar-refractivity contribution in [3.05, 3.63) is 71.8 Å². The van der Waals surface area contributed by atoms with Gasteiger partial charge in [-0.2, -0.15) is 0 Å². The molecular formula is C22H24N4OS2. The Hall–Kier alpha value is -2.22. The molecule has 0 atom stereocenters. The molecule has 2 aromatic carbocycles. The van der Waals surface area contributed by atoms with E-state index < -0.39 is 0 Å². The molecule has 5 nitrogen and oxygen atoms in total. The number of nitrogens with zero attached hydrogens (tertiary/aromatic N) is 3. The lowest BCUT2D eigenvalue weighted by molar-refractivity contribution is -0.121. The van der Waals surface area contributed by atoms with Crippen molar-refractivity contribution in [1.29, 1.82) is 0 Å². The molecule has 7 heteroatoms. The SMILES string of the molecule is O=C(Nc1nnc(SCc2ccccc2)s1)C1CCN(Cc2ccccc2)CC1. The fourth-order valence-corrected chi connectivity index (χ4v) is 5.15. The average molecular weight is 425 g/mol. The molecule has 1 amide bonds. The number of carbonyl (C=O) groups is 1. The van der Waals surface area contributed by atoms with Gasteiger partial charge in [0.25, 0.3) is 0 Å². The summed E-state index contributed by atoms with van der Waals surface area (Å²) in [6.45, 7) is 2.84. The third kappa shape index (κ3) is 5.88. The number of benzene rings is 2. The summed E-state index contributed by atoms with van der Waals surface area (Å²) in [7, 11) is 0. The summed E-state index contributed by atoms with van der Waals surface area (Å²) in [5.41, 5.74) is 2.57. The van der Waals surface area contributed by atoms with E-state index in [1.807, 2.05) is 24.3 Å². The molecular weight excluding hydrogens is 400 g/mol. The van der Waals surface area contributed by atoms with E-state index in [0.29, 0.717) is 5.13 Å².